The van der Waals surface area contributed by atoms with Crippen LogP contribution >= 0.6 is 16.1 Å². The van der Waals surface area contributed by atoms with E-state index in [0.29, 0.717) is 5.56 Å². The molecule has 5 aromatic rings. The van der Waals surface area contributed by atoms with Crippen molar-refractivity contribution < 1.29 is 0 Å². The van der Waals surface area contributed by atoms with Gasteiger partial charge in [0.05, 0.1) is 27.8 Å². The molecule has 168 valence electrons. The van der Waals surface area contributed by atoms with Crippen LogP contribution in [0.4, 0.5) is 5.69 Å². The summed E-state index contributed by atoms with van der Waals surface area (Å²) in [6.45, 7) is 0. The highest BCUT2D eigenvalue weighted by molar-refractivity contribution is 7.90. The number of hydrogen-bond acceptors (Lipinski definition) is 2. The van der Waals surface area contributed by atoms with Crippen molar-refractivity contribution in [2.45, 2.75) is 0 Å². The van der Waals surface area contributed by atoms with Crippen LogP contribution in [-0.4, -0.2) is 0 Å². The van der Waals surface area contributed by atoms with Gasteiger partial charge >= 0.3 is 0 Å². The lowest BCUT2D eigenvalue weighted by Gasteiger charge is -2.40. The van der Waals surface area contributed by atoms with Crippen molar-refractivity contribution in [3.05, 3.63) is 151 Å². The molecule has 0 saturated heterocycles. The molecule has 0 N–H and O–H groups in total. The van der Waals surface area contributed by atoms with Crippen LogP contribution in [-0.2, 0) is 0 Å². The minimum absolute atomic E-state index is 0.666. The van der Waals surface area contributed by atoms with Crippen LogP contribution in [0, 0.1) is 11.3 Å². The van der Waals surface area contributed by atoms with E-state index in [9.17, 15) is 5.26 Å². The van der Waals surface area contributed by atoms with Crippen LogP contribution in [0.2, 0.25) is 0 Å². The Hall–Kier alpha value is -3.75. The fraction of sp³-hybridized carbons (Fsp3) is 0. The summed E-state index contributed by atoms with van der Waals surface area (Å²) in [6.07, 6.45) is 0. The molecule has 0 heterocycles. The minimum Gasteiger partial charge on any atom is -0.313 e. The third-order valence-electron chi connectivity index (χ3n) is 5.59. The maximum atomic E-state index is 9.73. The van der Waals surface area contributed by atoms with E-state index in [4.69, 9.17) is 0 Å². The summed E-state index contributed by atoms with van der Waals surface area (Å²) in [5.41, 5.74) is 1.72. The second-order valence-electron chi connectivity index (χ2n) is 7.92. The molecule has 0 aliphatic carbocycles. The molecule has 0 radical (unpaired) electrons. The molecule has 0 saturated carbocycles. The van der Waals surface area contributed by atoms with Gasteiger partial charge in [0.2, 0.25) is 0 Å². The maximum Gasteiger partial charge on any atom is 0.0992 e. The van der Waals surface area contributed by atoms with Gasteiger partial charge < -0.3 is 4.44 Å². The van der Waals surface area contributed by atoms with Crippen molar-refractivity contribution in [1.29, 1.82) is 5.26 Å². The van der Waals surface area contributed by atoms with Crippen molar-refractivity contribution in [2.24, 2.45) is 0 Å². The summed E-state index contributed by atoms with van der Waals surface area (Å²) in [4.78, 5) is 0. The predicted octanol–water partition coefficient (Wildman–Crippen LogP) is 6.46. The monoisotopic (exact) mass is 486 g/mol. The van der Waals surface area contributed by atoms with Crippen LogP contribution in [0.3, 0.4) is 0 Å². The lowest BCUT2D eigenvalue weighted by atomic mass is 10.2. The number of rotatable bonds is 7. The Balaban J connectivity index is 1.82. The Bertz CT molecular complexity index is 1240. The summed E-state index contributed by atoms with van der Waals surface area (Å²) in [5.74, 6) is 0. The smallest absolute Gasteiger partial charge is 0.0992 e. The van der Waals surface area contributed by atoms with Gasteiger partial charge in [-0.15, -0.1) is 0 Å². The molecular formula is C31H24N2P2. The lowest BCUT2D eigenvalue weighted by Crippen LogP contribution is -2.31. The van der Waals surface area contributed by atoms with Crippen LogP contribution in [0.25, 0.3) is 0 Å². The van der Waals surface area contributed by atoms with E-state index < -0.39 is 16.1 Å². The van der Waals surface area contributed by atoms with Gasteiger partial charge in [-0.25, -0.2) is 0 Å². The van der Waals surface area contributed by atoms with Crippen LogP contribution in [0.15, 0.2) is 146 Å². The highest BCUT2D eigenvalue weighted by Gasteiger charge is 2.32. The Labute approximate surface area is 209 Å². The molecular weight excluding hydrogens is 462 g/mol. The average Bonchev–Trinajstić information content (AvgIpc) is 2.95. The van der Waals surface area contributed by atoms with Crippen molar-refractivity contribution in [1.82, 2.24) is 0 Å². The number of benzene rings is 5. The molecule has 0 aliphatic heterocycles. The quantitative estimate of drug-likeness (QED) is 0.247. The van der Waals surface area contributed by atoms with Gasteiger partial charge in [0, 0.05) is 26.9 Å². The van der Waals surface area contributed by atoms with E-state index in [1.165, 1.54) is 21.2 Å². The van der Waals surface area contributed by atoms with Gasteiger partial charge in [-0.2, -0.15) is 5.26 Å². The van der Waals surface area contributed by atoms with Crippen LogP contribution in [0.5, 0.6) is 0 Å². The van der Waals surface area contributed by atoms with E-state index in [2.05, 4.69) is 138 Å². The number of nitrogens with zero attached hydrogens (tertiary/aromatic N) is 2. The first kappa shape index (κ1) is 23.0. The first-order chi connectivity index (χ1) is 17.3. The molecule has 0 spiro atoms. The second kappa shape index (κ2) is 11.1. The van der Waals surface area contributed by atoms with Crippen molar-refractivity contribution in [3.8, 4) is 6.07 Å². The summed E-state index contributed by atoms with van der Waals surface area (Å²) >= 11 is 0. The Kier molecular flexibility index (Phi) is 7.31. The van der Waals surface area contributed by atoms with E-state index in [0.717, 1.165) is 5.69 Å². The highest BCUT2D eigenvalue weighted by atomic mass is 31.2. The zero-order valence-corrected chi connectivity index (χ0v) is 20.9. The normalized spacial score (nSPS) is 10.8. The zero-order valence-electron chi connectivity index (χ0n) is 19.1. The van der Waals surface area contributed by atoms with Gasteiger partial charge in [-0.1, -0.05) is 127 Å². The third kappa shape index (κ3) is 5.18. The second-order valence-corrected chi connectivity index (χ2v) is 12.3. The molecule has 5 rings (SSSR count). The van der Waals surface area contributed by atoms with E-state index in [1.807, 2.05) is 18.2 Å². The molecule has 0 aromatic heterocycles. The van der Waals surface area contributed by atoms with E-state index in [-0.39, 0.29) is 0 Å². The molecule has 0 atom stereocenters. The van der Waals surface area contributed by atoms with E-state index in [1.54, 1.807) is 0 Å². The van der Waals surface area contributed by atoms with Gasteiger partial charge in [0.1, 0.15) is 0 Å². The Morgan fingerprint density at radius 1 is 0.457 bits per heavy atom. The Morgan fingerprint density at radius 2 is 0.829 bits per heavy atom. The fourth-order valence-corrected chi connectivity index (χ4v) is 9.99. The standard InChI is InChI=1S/C31H24N2P2/c32-25-26-14-13-15-27(24-26)33(34(28-16-5-1-6-17-28)29-18-7-2-8-19-29)35(30-20-9-3-10-21-30)31-22-11-4-12-23-31/h1-24H. The summed E-state index contributed by atoms with van der Waals surface area (Å²) in [6, 6.07) is 53.4. The largest absolute Gasteiger partial charge is 0.313 e. The van der Waals surface area contributed by atoms with Crippen molar-refractivity contribution in [2.75, 3.05) is 4.44 Å². The third-order valence-corrected chi connectivity index (χ3v) is 11.0. The summed E-state index contributed by atoms with van der Waals surface area (Å²) in [7, 11) is -1.88. The molecule has 35 heavy (non-hydrogen) atoms. The molecule has 0 aliphatic rings. The minimum atomic E-state index is -0.942. The fourth-order valence-electron chi connectivity index (χ4n) is 4.03. The molecule has 0 fully saturated rings. The van der Waals surface area contributed by atoms with Gasteiger partial charge in [-0.05, 0) is 18.2 Å². The molecule has 0 unspecified atom stereocenters. The molecule has 0 bridgehead atoms. The number of anilines is 1. The van der Waals surface area contributed by atoms with Crippen LogP contribution in [0.1, 0.15) is 5.56 Å². The zero-order chi connectivity index (χ0) is 23.9. The van der Waals surface area contributed by atoms with Gasteiger partial charge in [0.15, 0.2) is 0 Å². The van der Waals surface area contributed by atoms with Crippen molar-refractivity contribution in [3.63, 3.8) is 0 Å². The van der Waals surface area contributed by atoms with Gasteiger partial charge in [-0.3, -0.25) is 0 Å². The summed E-state index contributed by atoms with van der Waals surface area (Å²) < 4.78 is 2.58. The summed E-state index contributed by atoms with van der Waals surface area (Å²) in [5, 5.41) is 14.8. The molecule has 2 nitrogen and oxygen atoms in total. The van der Waals surface area contributed by atoms with Gasteiger partial charge in [0.25, 0.3) is 0 Å². The maximum absolute atomic E-state index is 9.73. The van der Waals surface area contributed by atoms with E-state index >= 15 is 0 Å². The SMILES string of the molecule is N#Cc1cccc(N(P(c2ccccc2)c2ccccc2)P(c2ccccc2)c2ccccc2)c1. The number of hydrogen-bond donors (Lipinski definition) is 0. The molecule has 4 heteroatoms. The topological polar surface area (TPSA) is 27.0 Å². The van der Waals surface area contributed by atoms with Crippen molar-refractivity contribution >= 4 is 43.1 Å². The molecule has 5 aromatic carbocycles. The first-order valence-corrected chi connectivity index (χ1v) is 14.0. The predicted molar refractivity (Wildman–Crippen MR) is 152 cm³/mol. The first-order valence-electron chi connectivity index (χ1n) is 11.5. The molecule has 0 amide bonds. The van der Waals surface area contributed by atoms with Crippen LogP contribution < -0.4 is 25.7 Å². The average molecular weight is 486 g/mol. The lowest BCUT2D eigenvalue weighted by molar-refractivity contribution is 1.47. The Morgan fingerprint density at radius 3 is 1.17 bits per heavy atom. The highest BCUT2D eigenvalue weighted by Crippen LogP contribution is 2.57. The number of nitriles is 1.